The van der Waals surface area contributed by atoms with Gasteiger partial charge in [-0.1, -0.05) is 48.0 Å². The Morgan fingerprint density at radius 3 is 2.60 bits per heavy atom. The third-order valence-corrected chi connectivity index (χ3v) is 4.65. The summed E-state index contributed by atoms with van der Waals surface area (Å²) in [5, 5.41) is 20.0. The summed E-state index contributed by atoms with van der Waals surface area (Å²) in [5.74, 6) is -0.162. The number of anilines is 2. The predicted octanol–water partition coefficient (Wildman–Crippen LogP) is 3.74. The topological polar surface area (TPSA) is 102 Å². The van der Waals surface area contributed by atoms with E-state index in [1.54, 1.807) is 18.2 Å². The third kappa shape index (κ3) is 4.28. The summed E-state index contributed by atoms with van der Waals surface area (Å²) >= 11 is 6.19. The first kappa shape index (κ1) is 19.5. The molecule has 9 heteroatoms. The Balaban J connectivity index is 1.47. The first-order valence-corrected chi connectivity index (χ1v) is 9.50. The molecule has 0 bridgehead atoms. The maximum absolute atomic E-state index is 12.5. The summed E-state index contributed by atoms with van der Waals surface area (Å²) in [6.45, 7) is 1.31. The molecule has 0 aliphatic carbocycles. The lowest BCUT2D eigenvalue weighted by Gasteiger charge is -2.08. The van der Waals surface area contributed by atoms with Crippen LogP contribution < -0.4 is 10.6 Å². The van der Waals surface area contributed by atoms with E-state index in [1.165, 1.54) is 11.7 Å². The summed E-state index contributed by atoms with van der Waals surface area (Å²) in [6.07, 6.45) is 0. The average molecular weight is 421 g/mol. The highest BCUT2D eigenvalue weighted by Gasteiger charge is 2.12. The number of hydrogen-bond acceptors (Lipinski definition) is 5. The van der Waals surface area contributed by atoms with Gasteiger partial charge in [0.15, 0.2) is 0 Å². The minimum atomic E-state index is -0.269. The van der Waals surface area contributed by atoms with Crippen molar-refractivity contribution in [1.82, 2.24) is 20.2 Å². The number of carbonyl (C=O) groups is 2. The van der Waals surface area contributed by atoms with E-state index in [4.69, 9.17) is 11.6 Å². The molecule has 0 fully saturated rings. The highest BCUT2D eigenvalue weighted by Crippen LogP contribution is 2.27. The Labute approximate surface area is 176 Å². The first-order chi connectivity index (χ1) is 14.5. The highest BCUT2D eigenvalue weighted by molar-refractivity contribution is 6.34. The van der Waals surface area contributed by atoms with Gasteiger partial charge in [-0.2, -0.15) is 4.80 Å². The number of rotatable bonds is 5. The van der Waals surface area contributed by atoms with Gasteiger partial charge < -0.3 is 10.6 Å². The van der Waals surface area contributed by atoms with E-state index >= 15 is 0 Å². The molecule has 4 rings (SSSR count). The summed E-state index contributed by atoms with van der Waals surface area (Å²) in [4.78, 5) is 24.9. The zero-order valence-corrected chi connectivity index (χ0v) is 16.7. The van der Waals surface area contributed by atoms with E-state index in [2.05, 4.69) is 26.0 Å². The molecule has 0 unspecified atom stereocenters. The minimum absolute atomic E-state index is 0.0894. The molecule has 3 aromatic carbocycles. The standard InChI is InChI=1S/C21H17ClN6O2/c1-13(29)23-19-10-9-15(11-17(19)22)21-25-27-28(26-21)12-20(30)24-18-8-4-6-14-5-2-3-7-16(14)18/h2-11H,12H2,1H3,(H,23,29)(H,24,30). The van der Waals surface area contributed by atoms with Crippen molar-refractivity contribution in [1.29, 1.82) is 0 Å². The summed E-state index contributed by atoms with van der Waals surface area (Å²) < 4.78 is 0. The molecule has 0 atom stereocenters. The molecule has 1 aromatic heterocycles. The molecule has 8 nitrogen and oxygen atoms in total. The van der Waals surface area contributed by atoms with E-state index in [0.29, 0.717) is 22.1 Å². The van der Waals surface area contributed by atoms with Crippen LogP contribution in [0.15, 0.2) is 60.7 Å². The fraction of sp³-hybridized carbons (Fsp3) is 0.0952. The second-order valence-corrected chi connectivity index (χ2v) is 7.00. The quantitative estimate of drug-likeness (QED) is 0.512. The van der Waals surface area contributed by atoms with Crippen LogP contribution in [0.1, 0.15) is 6.92 Å². The predicted molar refractivity (Wildman–Crippen MR) is 115 cm³/mol. The Morgan fingerprint density at radius 1 is 1.00 bits per heavy atom. The maximum atomic E-state index is 12.5. The van der Waals surface area contributed by atoms with Crippen molar-refractivity contribution in [2.24, 2.45) is 0 Å². The lowest BCUT2D eigenvalue weighted by atomic mass is 10.1. The fourth-order valence-corrected chi connectivity index (χ4v) is 3.25. The molecule has 4 aromatic rings. The van der Waals surface area contributed by atoms with Gasteiger partial charge in [-0.3, -0.25) is 9.59 Å². The molecule has 0 saturated carbocycles. The number of halogens is 1. The molecule has 30 heavy (non-hydrogen) atoms. The van der Waals surface area contributed by atoms with Crippen LogP contribution >= 0.6 is 11.6 Å². The monoisotopic (exact) mass is 420 g/mol. The number of carbonyl (C=O) groups excluding carboxylic acids is 2. The van der Waals surface area contributed by atoms with Gasteiger partial charge in [0.05, 0.1) is 10.7 Å². The van der Waals surface area contributed by atoms with Crippen molar-refractivity contribution < 1.29 is 9.59 Å². The molecule has 0 spiro atoms. The normalized spacial score (nSPS) is 10.7. The lowest BCUT2D eigenvalue weighted by molar-refractivity contribution is -0.117. The summed E-state index contributed by atoms with van der Waals surface area (Å²) in [7, 11) is 0. The molecule has 0 aliphatic heterocycles. The van der Waals surface area contributed by atoms with Crippen molar-refractivity contribution in [3.05, 3.63) is 65.7 Å². The second kappa shape index (κ2) is 8.30. The van der Waals surface area contributed by atoms with Crippen molar-refractivity contribution >= 4 is 45.6 Å². The van der Waals surface area contributed by atoms with E-state index in [9.17, 15) is 9.59 Å². The van der Waals surface area contributed by atoms with Crippen molar-refractivity contribution in [3.63, 3.8) is 0 Å². The number of amides is 2. The second-order valence-electron chi connectivity index (χ2n) is 6.59. The summed E-state index contributed by atoms with van der Waals surface area (Å²) in [5.41, 5.74) is 1.84. The zero-order valence-electron chi connectivity index (χ0n) is 16.0. The SMILES string of the molecule is CC(=O)Nc1ccc(-c2nnn(CC(=O)Nc3cccc4ccccc34)n2)cc1Cl. The van der Waals surface area contributed by atoms with Gasteiger partial charge in [-0.25, -0.2) is 0 Å². The summed E-state index contributed by atoms with van der Waals surface area (Å²) in [6, 6.07) is 18.5. The van der Waals surface area contributed by atoms with E-state index in [1.807, 2.05) is 42.5 Å². The number of benzene rings is 3. The maximum Gasteiger partial charge on any atom is 0.248 e. The van der Waals surface area contributed by atoms with Gasteiger partial charge in [-0.15, -0.1) is 10.2 Å². The van der Waals surface area contributed by atoms with Gasteiger partial charge in [-0.05, 0) is 34.9 Å². The highest BCUT2D eigenvalue weighted by atomic mass is 35.5. The molecule has 2 N–H and O–H groups in total. The van der Waals surface area contributed by atoms with Crippen molar-refractivity contribution in [2.45, 2.75) is 13.5 Å². The van der Waals surface area contributed by atoms with Crippen LogP contribution in [0.5, 0.6) is 0 Å². The van der Waals surface area contributed by atoms with E-state index < -0.39 is 0 Å². The Kier molecular flexibility index (Phi) is 5.40. The number of fused-ring (bicyclic) bond motifs is 1. The third-order valence-electron chi connectivity index (χ3n) is 4.34. The number of nitrogens with one attached hydrogen (secondary N) is 2. The fourth-order valence-electron chi connectivity index (χ4n) is 3.02. The van der Waals surface area contributed by atoms with Crippen LogP contribution in [0.2, 0.25) is 5.02 Å². The Morgan fingerprint density at radius 2 is 1.80 bits per heavy atom. The zero-order chi connectivity index (χ0) is 21.1. The number of aromatic nitrogens is 4. The molecule has 2 amide bonds. The molecule has 0 aliphatic rings. The smallest absolute Gasteiger partial charge is 0.248 e. The molecule has 0 saturated heterocycles. The van der Waals surface area contributed by atoms with Crippen LogP contribution in [0.25, 0.3) is 22.2 Å². The molecule has 150 valence electrons. The number of hydrogen-bond donors (Lipinski definition) is 2. The van der Waals surface area contributed by atoms with Crippen LogP contribution in [0.4, 0.5) is 11.4 Å². The number of tetrazole rings is 1. The first-order valence-electron chi connectivity index (χ1n) is 9.12. The van der Waals surface area contributed by atoms with Crippen molar-refractivity contribution in [2.75, 3.05) is 10.6 Å². The van der Waals surface area contributed by atoms with Crippen LogP contribution in [0.3, 0.4) is 0 Å². The van der Waals surface area contributed by atoms with Gasteiger partial charge in [0.1, 0.15) is 6.54 Å². The van der Waals surface area contributed by atoms with Gasteiger partial charge in [0, 0.05) is 23.6 Å². The van der Waals surface area contributed by atoms with Crippen LogP contribution in [-0.4, -0.2) is 32.0 Å². The Bertz CT molecular complexity index is 1250. The largest absolute Gasteiger partial charge is 0.325 e. The lowest BCUT2D eigenvalue weighted by Crippen LogP contribution is -2.20. The van der Waals surface area contributed by atoms with Gasteiger partial charge in [0.2, 0.25) is 17.6 Å². The van der Waals surface area contributed by atoms with E-state index in [0.717, 1.165) is 16.5 Å². The molecular weight excluding hydrogens is 404 g/mol. The minimum Gasteiger partial charge on any atom is -0.325 e. The number of nitrogens with zero attached hydrogens (tertiary/aromatic N) is 4. The van der Waals surface area contributed by atoms with Crippen molar-refractivity contribution in [3.8, 4) is 11.4 Å². The van der Waals surface area contributed by atoms with Crippen LogP contribution in [-0.2, 0) is 16.1 Å². The van der Waals surface area contributed by atoms with Crippen LogP contribution in [0, 0.1) is 0 Å². The molecule has 0 radical (unpaired) electrons. The average Bonchev–Trinajstić information content (AvgIpc) is 3.18. The Hall–Kier alpha value is -3.78. The van der Waals surface area contributed by atoms with Gasteiger partial charge in [0.25, 0.3) is 0 Å². The van der Waals surface area contributed by atoms with E-state index in [-0.39, 0.29) is 18.4 Å². The molecular formula is C21H17ClN6O2. The molecule has 1 heterocycles. The van der Waals surface area contributed by atoms with Gasteiger partial charge >= 0.3 is 0 Å².